The molecule has 0 aliphatic carbocycles. The van der Waals surface area contributed by atoms with Crippen molar-refractivity contribution in [3.05, 3.63) is 66.0 Å². The van der Waals surface area contributed by atoms with Crippen molar-refractivity contribution in [2.45, 2.75) is 51.4 Å². The lowest BCUT2D eigenvalue weighted by Gasteiger charge is -2.34. The maximum atomic E-state index is 13.0. The molecule has 0 N–H and O–H groups in total. The number of hydrogen-bond acceptors (Lipinski definition) is 3. The summed E-state index contributed by atoms with van der Waals surface area (Å²) in [6.45, 7) is 8.31. The van der Waals surface area contributed by atoms with Crippen LogP contribution in [0, 0.1) is 29.0 Å². The summed E-state index contributed by atoms with van der Waals surface area (Å²) < 4.78 is 18.7. The van der Waals surface area contributed by atoms with Crippen molar-refractivity contribution in [3.63, 3.8) is 0 Å². The fourth-order valence-corrected chi connectivity index (χ4v) is 4.71. The summed E-state index contributed by atoms with van der Waals surface area (Å²) in [4.78, 5) is 2.55. The summed E-state index contributed by atoms with van der Waals surface area (Å²) in [5.41, 5.74) is 0.740. The van der Waals surface area contributed by atoms with E-state index in [4.69, 9.17) is 4.74 Å². The van der Waals surface area contributed by atoms with Gasteiger partial charge in [-0.2, -0.15) is 5.26 Å². The average molecular weight is 423 g/mol. The van der Waals surface area contributed by atoms with Crippen LogP contribution in [0.1, 0.15) is 51.5 Å². The lowest BCUT2D eigenvalue weighted by Crippen LogP contribution is -2.36. The minimum Gasteiger partial charge on any atom is -0.494 e. The van der Waals surface area contributed by atoms with Gasteiger partial charge in [0.05, 0.1) is 18.1 Å². The summed E-state index contributed by atoms with van der Waals surface area (Å²) in [7, 11) is 0. The normalized spacial score (nSPS) is 17.3. The van der Waals surface area contributed by atoms with Gasteiger partial charge in [-0.1, -0.05) is 44.2 Å². The van der Waals surface area contributed by atoms with Crippen LogP contribution in [0.4, 0.5) is 4.39 Å². The first-order chi connectivity index (χ1) is 15.0. The first-order valence-corrected chi connectivity index (χ1v) is 11.6. The highest BCUT2D eigenvalue weighted by molar-refractivity contribution is 5.33. The Morgan fingerprint density at radius 3 is 2.39 bits per heavy atom. The largest absolute Gasteiger partial charge is 0.494 e. The number of ether oxygens (including phenoxy) is 1. The SMILES string of the molecule is CC(C)C(C#N)(CCCN1CCC(CCOc2ccc(F)cc2)CC1)c1ccccc1. The Bertz CT molecular complexity index is 823. The van der Waals surface area contributed by atoms with E-state index in [1.165, 1.54) is 25.0 Å². The quantitative estimate of drug-likeness (QED) is 0.457. The molecule has 1 atom stereocenters. The lowest BCUT2D eigenvalue weighted by molar-refractivity contribution is 0.158. The molecule has 1 aliphatic heterocycles. The highest BCUT2D eigenvalue weighted by Gasteiger charge is 2.35. The van der Waals surface area contributed by atoms with Crippen molar-refractivity contribution in [3.8, 4) is 11.8 Å². The third kappa shape index (κ3) is 6.31. The maximum absolute atomic E-state index is 13.0. The van der Waals surface area contributed by atoms with E-state index in [1.54, 1.807) is 12.1 Å². The van der Waals surface area contributed by atoms with Crippen molar-refractivity contribution in [1.29, 1.82) is 5.26 Å². The zero-order valence-corrected chi connectivity index (χ0v) is 18.9. The average Bonchev–Trinajstić information content (AvgIpc) is 2.79. The number of piperidine rings is 1. The number of likely N-dealkylation sites (tertiary alicyclic amines) is 1. The summed E-state index contributed by atoms with van der Waals surface area (Å²) in [6.07, 6.45) is 5.37. The summed E-state index contributed by atoms with van der Waals surface area (Å²) in [5, 5.41) is 10.1. The Balaban J connectivity index is 1.39. The van der Waals surface area contributed by atoms with E-state index in [2.05, 4.69) is 36.9 Å². The lowest BCUT2D eigenvalue weighted by atomic mass is 9.70. The Morgan fingerprint density at radius 2 is 1.77 bits per heavy atom. The molecule has 0 bridgehead atoms. The summed E-state index contributed by atoms with van der Waals surface area (Å²) in [5.74, 6) is 1.48. The van der Waals surface area contributed by atoms with Crippen molar-refractivity contribution in [1.82, 2.24) is 4.90 Å². The van der Waals surface area contributed by atoms with E-state index in [0.29, 0.717) is 12.5 Å². The van der Waals surface area contributed by atoms with E-state index >= 15 is 0 Å². The molecule has 3 rings (SSSR count). The van der Waals surface area contributed by atoms with Gasteiger partial charge in [0.25, 0.3) is 0 Å². The van der Waals surface area contributed by atoms with Gasteiger partial charge in [-0.05, 0) is 93.4 Å². The molecule has 0 saturated carbocycles. The van der Waals surface area contributed by atoms with Crippen molar-refractivity contribution in [2.24, 2.45) is 11.8 Å². The van der Waals surface area contributed by atoms with E-state index in [-0.39, 0.29) is 11.7 Å². The minimum absolute atomic E-state index is 0.233. The van der Waals surface area contributed by atoms with E-state index in [0.717, 1.165) is 50.2 Å². The van der Waals surface area contributed by atoms with Crippen LogP contribution in [-0.4, -0.2) is 31.1 Å². The molecule has 1 unspecified atom stereocenters. The highest BCUT2D eigenvalue weighted by atomic mass is 19.1. The van der Waals surface area contributed by atoms with Gasteiger partial charge in [0.15, 0.2) is 0 Å². The van der Waals surface area contributed by atoms with Gasteiger partial charge in [0.1, 0.15) is 11.6 Å². The molecule has 0 amide bonds. The predicted molar refractivity (Wildman–Crippen MR) is 123 cm³/mol. The maximum Gasteiger partial charge on any atom is 0.123 e. The minimum atomic E-state index is -0.405. The molecular formula is C27H35FN2O. The van der Waals surface area contributed by atoms with Crippen LogP contribution in [0.5, 0.6) is 5.75 Å². The van der Waals surface area contributed by atoms with Gasteiger partial charge in [-0.15, -0.1) is 0 Å². The second kappa shape index (κ2) is 11.3. The first-order valence-electron chi connectivity index (χ1n) is 11.6. The molecule has 3 nitrogen and oxygen atoms in total. The van der Waals surface area contributed by atoms with Crippen molar-refractivity contribution >= 4 is 0 Å². The smallest absolute Gasteiger partial charge is 0.123 e. The summed E-state index contributed by atoms with van der Waals surface area (Å²) >= 11 is 0. The Kier molecular flexibility index (Phi) is 8.49. The molecule has 1 heterocycles. The predicted octanol–water partition coefficient (Wildman–Crippen LogP) is 6.20. The first kappa shape index (κ1) is 23.3. The van der Waals surface area contributed by atoms with Crippen molar-refractivity contribution in [2.75, 3.05) is 26.2 Å². The topological polar surface area (TPSA) is 36.3 Å². The zero-order valence-electron chi connectivity index (χ0n) is 18.9. The monoisotopic (exact) mass is 422 g/mol. The molecule has 4 heteroatoms. The fraction of sp³-hybridized carbons (Fsp3) is 0.519. The number of halogens is 1. The van der Waals surface area contributed by atoms with Gasteiger partial charge in [-0.3, -0.25) is 0 Å². The molecule has 1 fully saturated rings. The highest BCUT2D eigenvalue weighted by Crippen LogP contribution is 2.36. The van der Waals surface area contributed by atoms with E-state index < -0.39 is 5.41 Å². The van der Waals surface area contributed by atoms with E-state index in [1.807, 2.05) is 18.2 Å². The van der Waals surface area contributed by atoms with E-state index in [9.17, 15) is 9.65 Å². The standard InChI is InChI=1S/C27H35FN2O/c1-22(2)27(21-29,24-7-4-3-5-8-24)16-6-17-30-18-13-23(14-19-30)15-20-31-26-11-9-25(28)10-12-26/h3-5,7-12,22-23H,6,13-20H2,1-2H3. The Labute approximate surface area is 186 Å². The van der Waals surface area contributed by atoms with Gasteiger partial charge in [0, 0.05) is 0 Å². The van der Waals surface area contributed by atoms with Crippen molar-refractivity contribution < 1.29 is 9.13 Å². The Morgan fingerprint density at radius 1 is 1.10 bits per heavy atom. The molecule has 31 heavy (non-hydrogen) atoms. The summed E-state index contributed by atoms with van der Waals surface area (Å²) in [6, 6.07) is 19.2. The molecule has 1 aliphatic rings. The number of hydrogen-bond donors (Lipinski definition) is 0. The third-order valence-electron chi connectivity index (χ3n) is 6.84. The van der Waals surface area contributed by atoms with Crippen LogP contribution in [0.25, 0.3) is 0 Å². The van der Waals surface area contributed by atoms with Gasteiger partial charge in [-0.25, -0.2) is 4.39 Å². The second-order valence-electron chi connectivity index (χ2n) is 9.08. The number of nitriles is 1. The molecule has 0 aromatic heterocycles. The molecule has 2 aromatic carbocycles. The Hall–Kier alpha value is -2.38. The molecule has 0 radical (unpaired) electrons. The van der Waals surface area contributed by atoms with Crippen LogP contribution in [0.15, 0.2) is 54.6 Å². The second-order valence-corrected chi connectivity index (χ2v) is 9.08. The molecular weight excluding hydrogens is 387 g/mol. The molecule has 2 aromatic rings. The third-order valence-corrected chi connectivity index (χ3v) is 6.84. The molecule has 1 saturated heterocycles. The fourth-order valence-electron chi connectivity index (χ4n) is 4.71. The molecule has 0 spiro atoms. The number of rotatable bonds is 10. The van der Waals surface area contributed by atoms with Crippen LogP contribution in [-0.2, 0) is 5.41 Å². The van der Waals surface area contributed by atoms with Gasteiger partial charge >= 0.3 is 0 Å². The van der Waals surface area contributed by atoms with Gasteiger partial charge in [0.2, 0.25) is 0 Å². The zero-order chi connectivity index (χ0) is 22.1. The van der Waals surface area contributed by atoms with Gasteiger partial charge < -0.3 is 9.64 Å². The molecule has 166 valence electrons. The van der Waals surface area contributed by atoms with Crippen LogP contribution >= 0.6 is 0 Å². The van der Waals surface area contributed by atoms with Crippen LogP contribution < -0.4 is 4.74 Å². The van der Waals surface area contributed by atoms with Crippen LogP contribution in [0.2, 0.25) is 0 Å². The number of nitrogens with zero attached hydrogens (tertiary/aromatic N) is 2. The van der Waals surface area contributed by atoms with Crippen LogP contribution in [0.3, 0.4) is 0 Å². The number of benzene rings is 2.